The van der Waals surface area contributed by atoms with Crippen LogP contribution in [0.4, 0.5) is 10.5 Å². The number of nitrogens with one attached hydrogen (secondary N) is 2. The Bertz CT molecular complexity index is 960. The van der Waals surface area contributed by atoms with E-state index in [2.05, 4.69) is 10.6 Å². The molecule has 0 spiro atoms. The predicted octanol–water partition coefficient (Wildman–Crippen LogP) is 4.18. The largest absolute Gasteiger partial charge is 0.478 e. The Kier molecular flexibility index (Phi) is 7.03. The van der Waals surface area contributed by atoms with Gasteiger partial charge in [-0.2, -0.15) is 5.26 Å². The van der Waals surface area contributed by atoms with Crippen LogP contribution in [0.5, 0.6) is 5.75 Å². The fourth-order valence-electron chi connectivity index (χ4n) is 3.43. The number of rotatable bonds is 5. The summed E-state index contributed by atoms with van der Waals surface area (Å²) in [5.74, 6) is 0.488. The molecule has 0 radical (unpaired) electrons. The highest BCUT2D eigenvalue weighted by molar-refractivity contribution is 6.30. The summed E-state index contributed by atoms with van der Waals surface area (Å²) < 4.78 is 5.90. The van der Waals surface area contributed by atoms with Gasteiger partial charge in [0.1, 0.15) is 5.75 Å². The molecule has 0 aliphatic carbocycles. The number of halogens is 1. The molecule has 2 N–H and O–H groups in total. The minimum Gasteiger partial charge on any atom is -0.478 e. The minimum atomic E-state index is -1.01. The van der Waals surface area contributed by atoms with Crippen LogP contribution in [0, 0.1) is 11.3 Å². The highest BCUT2D eigenvalue weighted by Gasteiger charge is 2.36. The fraction of sp³-hybridized carbons (Fsp3) is 0.348. The first kappa shape index (κ1) is 22.4. The van der Waals surface area contributed by atoms with Crippen molar-refractivity contribution in [3.8, 4) is 11.8 Å². The molecule has 1 aliphatic heterocycles. The Labute approximate surface area is 186 Å². The number of nitriles is 1. The van der Waals surface area contributed by atoms with E-state index < -0.39 is 5.60 Å². The lowest BCUT2D eigenvalue weighted by atomic mass is 10.0. The molecule has 162 valence electrons. The monoisotopic (exact) mass is 440 g/mol. The third kappa shape index (κ3) is 6.12. The molecule has 0 saturated carbocycles. The van der Waals surface area contributed by atoms with E-state index in [9.17, 15) is 9.59 Å². The molecule has 3 amide bonds. The number of carbonyl (C=O) groups excluding carboxylic acids is 2. The van der Waals surface area contributed by atoms with Crippen LogP contribution in [0.2, 0.25) is 5.02 Å². The molecular weight excluding hydrogens is 416 g/mol. The number of carbonyl (C=O) groups is 2. The summed E-state index contributed by atoms with van der Waals surface area (Å²) in [6, 6.07) is 15.3. The Hall–Kier alpha value is -3.24. The van der Waals surface area contributed by atoms with Gasteiger partial charge in [0, 0.05) is 29.8 Å². The van der Waals surface area contributed by atoms with Gasteiger partial charge in [-0.3, -0.25) is 4.79 Å². The highest BCUT2D eigenvalue weighted by Crippen LogP contribution is 2.24. The Balaban J connectivity index is 1.47. The lowest BCUT2D eigenvalue weighted by Crippen LogP contribution is -2.54. The second-order valence-corrected chi connectivity index (χ2v) is 8.36. The van der Waals surface area contributed by atoms with E-state index in [1.165, 1.54) is 0 Å². The van der Waals surface area contributed by atoms with Gasteiger partial charge in [0.2, 0.25) is 0 Å². The molecule has 0 bridgehead atoms. The van der Waals surface area contributed by atoms with Crippen LogP contribution in [0.3, 0.4) is 0 Å². The molecule has 7 nitrogen and oxygen atoms in total. The smallest absolute Gasteiger partial charge is 0.319 e. The molecule has 2 aromatic rings. The van der Waals surface area contributed by atoms with Crippen LogP contribution >= 0.6 is 11.6 Å². The second kappa shape index (κ2) is 9.71. The molecule has 1 aliphatic rings. The first-order valence-electron chi connectivity index (χ1n) is 10.1. The number of amides is 3. The van der Waals surface area contributed by atoms with Gasteiger partial charge in [0.15, 0.2) is 5.60 Å². The van der Waals surface area contributed by atoms with Gasteiger partial charge in [0.25, 0.3) is 5.91 Å². The zero-order valence-corrected chi connectivity index (χ0v) is 18.3. The third-order valence-corrected chi connectivity index (χ3v) is 5.34. The standard InChI is InChI=1S/C23H25ClN4O3/c1-23(2,31-20-9-5-17(24)6-10-20)21(29)28-13-11-19(12-14-28)27-22(30)26-18-7-3-16(15-25)4-8-18/h3-10,19H,11-14H2,1-2H3,(H2,26,27,30). The van der Waals surface area contributed by atoms with E-state index in [1.807, 2.05) is 6.07 Å². The quantitative estimate of drug-likeness (QED) is 0.729. The molecule has 0 atom stereocenters. The van der Waals surface area contributed by atoms with Gasteiger partial charge in [0.05, 0.1) is 11.6 Å². The lowest BCUT2D eigenvalue weighted by molar-refractivity contribution is -0.146. The van der Waals surface area contributed by atoms with Crippen LogP contribution in [-0.4, -0.2) is 41.6 Å². The zero-order valence-electron chi connectivity index (χ0n) is 17.5. The number of hydrogen-bond acceptors (Lipinski definition) is 4. The van der Waals surface area contributed by atoms with E-state index in [0.29, 0.717) is 48.0 Å². The molecule has 1 saturated heterocycles. The van der Waals surface area contributed by atoms with Crippen LogP contribution in [0.25, 0.3) is 0 Å². The van der Waals surface area contributed by atoms with Crippen molar-refractivity contribution < 1.29 is 14.3 Å². The van der Waals surface area contributed by atoms with Crippen LogP contribution in [0.1, 0.15) is 32.3 Å². The van der Waals surface area contributed by atoms with Crippen LogP contribution in [-0.2, 0) is 4.79 Å². The summed E-state index contributed by atoms with van der Waals surface area (Å²) in [7, 11) is 0. The van der Waals surface area contributed by atoms with Gasteiger partial charge < -0.3 is 20.3 Å². The van der Waals surface area contributed by atoms with Crippen molar-refractivity contribution in [3.63, 3.8) is 0 Å². The van der Waals surface area contributed by atoms with Crippen molar-refractivity contribution >= 4 is 29.2 Å². The third-order valence-electron chi connectivity index (χ3n) is 5.09. The van der Waals surface area contributed by atoms with Gasteiger partial charge in [-0.1, -0.05) is 11.6 Å². The molecule has 3 rings (SSSR count). The Morgan fingerprint density at radius 3 is 2.29 bits per heavy atom. The fourth-order valence-corrected chi connectivity index (χ4v) is 3.56. The van der Waals surface area contributed by atoms with Crippen molar-refractivity contribution in [2.75, 3.05) is 18.4 Å². The molecule has 1 fully saturated rings. The number of anilines is 1. The van der Waals surface area contributed by atoms with Crippen molar-refractivity contribution in [1.82, 2.24) is 10.2 Å². The number of benzene rings is 2. The summed E-state index contributed by atoms with van der Waals surface area (Å²) in [4.78, 5) is 27.0. The van der Waals surface area contributed by atoms with Crippen molar-refractivity contribution in [1.29, 1.82) is 5.26 Å². The van der Waals surface area contributed by atoms with Gasteiger partial charge >= 0.3 is 6.03 Å². The topological polar surface area (TPSA) is 94.5 Å². The molecular formula is C23H25ClN4O3. The number of urea groups is 1. The van der Waals surface area contributed by atoms with Crippen molar-refractivity contribution in [2.24, 2.45) is 0 Å². The summed E-state index contributed by atoms with van der Waals surface area (Å²) in [5, 5.41) is 15.1. The summed E-state index contributed by atoms with van der Waals surface area (Å²) in [6.45, 7) is 4.57. The average Bonchev–Trinajstić information content (AvgIpc) is 2.76. The van der Waals surface area contributed by atoms with Crippen LogP contribution < -0.4 is 15.4 Å². The summed E-state index contributed by atoms with van der Waals surface area (Å²) in [6.07, 6.45) is 1.31. The van der Waals surface area contributed by atoms with E-state index in [-0.39, 0.29) is 18.0 Å². The van der Waals surface area contributed by atoms with Crippen molar-refractivity contribution in [3.05, 3.63) is 59.1 Å². The van der Waals surface area contributed by atoms with Crippen molar-refractivity contribution in [2.45, 2.75) is 38.3 Å². The molecule has 1 heterocycles. The Morgan fingerprint density at radius 2 is 1.71 bits per heavy atom. The number of hydrogen-bond donors (Lipinski definition) is 2. The SMILES string of the molecule is CC(C)(Oc1ccc(Cl)cc1)C(=O)N1CCC(NC(=O)Nc2ccc(C#N)cc2)CC1. The predicted molar refractivity (Wildman–Crippen MR) is 119 cm³/mol. The second-order valence-electron chi connectivity index (χ2n) is 7.92. The van der Waals surface area contributed by atoms with Gasteiger partial charge in [-0.25, -0.2) is 4.79 Å². The van der Waals surface area contributed by atoms with E-state index in [1.54, 1.807) is 67.3 Å². The first-order valence-corrected chi connectivity index (χ1v) is 10.5. The molecule has 8 heteroatoms. The Morgan fingerprint density at radius 1 is 1.10 bits per heavy atom. The number of nitrogens with zero attached hydrogens (tertiary/aromatic N) is 2. The van der Waals surface area contributed by atoms with Gasteiger partial charge in [-0.05, 0) is 75.2 Å². The summed E-state index contributed by atoms with van der Waals surface area (Å²) in [5.41, 5.74) is 0.136. The normalized spacial score (nSPS) is 14.5. The number of likely N-dealkylation sites (tertiary alicyclic amines) is 1. The van der Waals surface area contributed by atoms with Gasteiger partial charge in [-0.15, -0.1) is 0 Å². The lowest BCUT2D eigenvalue weighted by Gasteiger charge is -2.37. The maximum absolute atomic E-state index is 13.0. The average molecular weight is 441 g/mol. The molecule has 0 unspecified atom stereocenters. The van der Waals surface area contributed by atoms with E-state index in [4.69, 9.17) is 21.6 Å². The number of piperidine rings is 1. The van der Waals surface area contributed by atoms with E-state index >= 15 is 0 Å². The highest BCUT2D eigenvalue weighted by atomic mass is 35.5. The molecule has 31 heavy (non-hydrogen) atoms. The molecule has 2 aromatic carbocycles. The van der Waals surface area contributed by atoms with Crippen LogP contribution in [0.15, 0.2) is 48.5 Å². The van der Waals surface area contributed by atoms with E-state index in [0.717, 1.165) is 0 Å². The molecule has 0 aromatic heterocycles. The summed E-state index contributed by atoms with van der Waals surface area (Å²) >= 11 is 5.90. The number of ether oxygens (including phenoxy) is 1. The minimum absolute atomic E-state index is 0.0253. The maximum atomic E-state index is 13.0. The first-order chi connectivity index (χ1) is 14.8. The zero-order chi connectivity index (χ0) is 22.4. The maximum Gasteiger partial charge on any atom is 0.319 e.